The van der Waals surface area contributed by atoms with Gasteiger partial charge in [-0.25, -0.2) is 4.68 Å². The number of nitrogens with one attached hydrogen (secondary N) is 1. The number of aliphatic hydroxyl groups excluding tert-OH is 1. The zero-order valence-electron chi connectivity index (χ0n) is 17.4. The van der Waals surface area contributed by atoms with Gasteiger partial charge in [-0.1, -0.05) is 31.2 Å². The fourth-order valence-electron chi connectivity index (χ4n) is 3.75. The Labute approximate surface area is 175 Å². The molecule has 0 saturated carbocycles. The minimum Gasteiger partial charge on any atom is -0.390 e. The van der Waals surface area contributed by atoms with Crippen molar-refractivity contribution >= 4 is 23.0 Å². The van der Waals surface area contributed by atoms with E-state index in [0.29, 0.717) is 17.3 Å². The van der Waals surface area contributed by atoms with Crippen LogP contribution in [0.15, 0.2) is 47.6 Å². The minimum atomic E-state index is -0.161. The largest absolute Gasteiger partial charge is 0.390 e. The number of anilines is 1. The lowest BCUT2D eigenvalue weighted by Gasteiger charge is -2.15. The van der Waals surface area contributed by atoms with E-state index in [1.54, 1.807) is 4.68 Å². The van der Waals surface area contributed by atoms with Gasteiger partial charge in [0.05, 0.1) is 47.7 Å². The first-order chi connectivity index (χ1) is 14.5. The normalized spacial score (nSPS) is 14.5. The van der Waals surface area contributed by atoms with Crippen LogP contribution in [-0.2, 0) is 11.4 Å². The Balaban J connectivity index is 1.80. The van der Waals surface area contributed by atoms with Crippen molar-refractivity contribution < 1.29 is 9.90 Å². The first kappa shape index (κ1) is 20.0. The topological polar surface area (TPSA) is 92.4 Å². The highest BCUT2D eigenvalue weighted by Crippen LogP contribution is 2.35. The number of carbonyl (C=O) groups excluding carboxylic acids is 1. The summed E-state index contributed by atoms with van der Waals surface area (Å²) < 4.78 is 1.58. The first-order valence-electron chi connectivity index (χ1n) is 10.1. The summed E-state index contributed by atoms with van der Waals surface area (Å²) in [7, 11) is 0. The minimum absolute atomic E-state index is 0.0922. The zero-order chi connectivity index (χ0) is 21.3. The molecule has 30 heavy (non-hydrogen) atoms. The van der Waals surface area contributed by atoms with Crippen LogP contribution in [0, 0.1) is 6.92 Å². The molecule has 3 aromatic rings. The van der Waals surface area contributed by atoms with Crippen molar-refractivity contribution in [2.75, 3.05) is 5.32 Å². The van der Waals surface area contributed by atoms with E-state index < -0.39 is 0 Å². The van der Waals surface area contributed by atoms with E-state index in [-0.39, 0.29) is 18.9 Å². The summed E-state index contributed by atoms with van der Waals surface area (Å²) in [6.07, 6.45) is 2.74. The highest BCUT2D eigenvalue weighted by Gasteiger charge is 2.20. The van der Waals surface area contributed by atoms with Crippen molar-refractivity contribution in [2.24, 2.45) is 4.99 Å². The lowest BCUT2D eigenvalue weighted by molar-refractivity contribution is -0.115. The smallest absolute Gasteiger partial charge is 0.230 e. The molecule has 0 saturated heterocycles. The highest BCUT2D eigenvalue weighted by atomic mass is 16.3. The van der Waals surface area contributed by atoms with Gasteiger partial charge in [0.2, 0.25) is 5.91 Å². The molecule has 1 aliphatic heterocycles. The molecular weight excluding hydrogens is 378 g/mol. The number of hydrogen-bond donors (Lipinski definition) is 2. The summed E-state index contributed by atoms with van der Waals surface area (Å²) in [6.45, 7) is 6.28. The quantitative estimate of drug-likeness (QED) is 0.672. The van der Waals surface area contributed by atoms with E-state index in [1.165, 1.54) is 11.8 Å². The molecule has 1 aromatic heterocycles. The number of nitrogens with zero attached hydrogens (tertiary/aromatic N) is 4. The van der Waals surface area contributed by atoms with Crippen LogP contribution in [0.3, 0.4) is 0 Å². The summed E-state index contributed by atoms with van der Waals surface area (Å²) in [5.41, 5.74) is 6.80. The molecule has 7 heteroatoms. The van der Waals surface area contributed by atoms with Crippen molar-refractivity contribution in [3.05, 3.63) is 65.0 Å². The molecule has 2 heterocycles. The number of amides is 1. The lowest BCUT2D eigenvalue weighted by Crippen LogP contribution is -2.15. The fourth-order valence-corrected chi connectivity index (χ4v) is 3.75. The van der Waals surface area contributed by atoms with Gasteiger partial charge in [0, 0.05) is 0 Å². The van der Waals surface area contributed by atoms with E-state index in [2.05, 4.69) is 42.5 Å². The molecule has 2 aromatic carbocycles. The molecule has 0 bridgehead atoms. The Morgan fingerprint density at radius 3 is 2.87 bits per heavy atom. The van der Waals surface area contributed by atoms with Crippen molar-refractivity contribution in [3.63, 3.8) is 0 Å². The highest BCUT2D eigenvalue weighted by molar-refractivity contribution is 6.17. The molecule has 1 atom stereocenters. The van der Waals surface area contributed by atoms with Crippen LogP contribution in [0.4, 0.5) is 11.4 Å². The number of aromatic nitrogens is 3. The SMILES string of the molecule is CCC(C)c1cc2c(cc1C)NC(=O)CC(c1cccc(-n3nncc3CO)c1)=N2. The third-order valence-electron chi connectivity index (χ3n) is 5.59. The Morgan fingerprint density at radius 2 is 2.10 bits per heavy atom. The van der Waals surface area contributed by atoms with Crippen LogP contribution in [0.5, 0.6) is 0 Å². The Morgan fingerprint density at radius 1 is 1.27 bits per heavy atom. The predicted octanol–water partition coefficient (Wildman–Crippen LogP) is 4.04. The summed E-state index contributed by atoms with van der Waals surface area (Å²) in [5.74, 6) is 0.325. The second-order valence-electron chi connectivity index (χ2n) is 7.66. The van der Waals surface area contributed by atoms with E-state index >= 15 is 0 Å². The van der Waals surface area contributed by atoms with Crippen molar-refractivity contribution in [1.29, 1.82) is 0 Å². The first-order valence-corrected chi connectivity index (χ1v) is 10.1. The average Bonchev–Trinajstić information content (AvgIpc) is 3.16. The lowest BCUT2D eigenvalue weighted by atomic mass is 9.93. The molecule has 0 radical (unpaired) electrons. The summed E-state index contributed by atoms with van der Waals surface area (Å²) in [6, 6.07) is 11.7. The number of fused-ring (bicyclic) bond motifs is 1. The monoisotopic (exact) mass is 403 g/mol. The van der Waals surface area contributed by atoms with Gasteiger partial charge in [0.1, 0.15) is 0 Å². The van der Waals surface area contributed by atoms with Crippen molar-refractivity contribution in [3.8, 4) is 5.69 Å². The van der Waals surface area contributed by atoms with Crippen molar-refractivity contribution in [1.82, 2.24) is 15.0 Å². The third-order valence-corrected chi connectivity index (χ3v) is 5.59. The molecule has 0 aliphatic carbocycles. The molecule has 154 valence electrons. The van der Waals surface area contributed by atoms with E-state index in [1.807, 2.05) is 30.3 Å². The van der Waals surface area contributed by atoms with Gasteiger partial charge in [0.15, 0.2) is 0 Å². The van der Waals surface area contributed by atoms with Gasteiger partial charge in [-0.3, -0.25) is 9.79 Å². The number of rotatable bonds is 5. The van der Waals surface area contributed by atoms with E-state index in [0.717, 1.165) is 34.6 Å². The van der Waals surface area contributed by atoms with E-state index in [9.17, 15) is 9.90 Å². The molecule has 4 rings (SSSR count). The average molecular weight is 403 g/mol. The van der Waals surface area contributed by atoms with Crippen LogP contribution in [0.1, 0.15) is 55.0 Å². The number of hydrogen-bond acceptors (Lipinski definition) is 5. The summed E-state index contributed by atoms with van der Waals surface area (Å²) >= 11 is 0. The standard InChI is InChI=1S/C23H25N5O2/c1-4-14(2)19-10-22-21(8-15(19)3)26-23(30)11-20(25-22)16-6-5-7-17(9-16)28-18(13-29)12-24-27-28/h5-10,12,14,29H,4,11,13H2,1-3H3,(H,26,30). The fraction of sp³-hybridized carbons (Fsp3) is 0.304. The molecule has 2 N–H and O–H groups in total. The van der Waals surface area contributed by atoms with Crippen LogP contribution in [0.25, 0.3) is 5.69 Å². The van der Waals surface area contributed by atoms with E-state index in [4.69, 9.17) is 4.99 Å². The maximum absolute atomic E-state index is 12.6. The number of aliphatic hydroxyl groups is 1. The van der Waals surface area contributed by atoms with Crippen LogP contribution in [-0.4, -0.2) is 31.7 Å². The molecule has 0 fully saturated rings. The van der Waals surface area contributed by atoms with Gasteiger partial charge < -0.3 is 10.4 Å². The van der Waals surface area contributed by atoms with Gasteiger partial charge >= 0.3 is 0 Å². The Bertz CT molecular complexity index is 1130. The number of benzene rings is 2. The van der Waals surface area contributed by atoms with Gasteiger partial charge in [-0.15, -0.1) is 5.10 Å². The maximum atomic E-state index is 12.6. The molecule has 0 spiro atoms. The molecule has 1 amide bonds. The summed E-state index contributed by atoms with van der Waals surface area (Å²) in [4.78, 5) is 17.5. The van der Waals surface area contributed by atoms with Crippen LogP contribution in [0.2, 0.25) is 0 Å². The molecular formula is C23H25N5O2. The van der Waals surface area contributed by atoms with Gasteiger partial charge in [0.25, 0.3) is 0 Å². The second kappa shape index (κ2) is 8.20. The Hall–Kier alpha value is -3.32. The van der Waals surface area contributed by atoms with Gasteiger partial charge in [-0.05, 0) is 60.2 Å². The van der Waals surface area contributed by atoms with Crippen molar-refractivity contribution in [2.45, 2.75) is 46.1 Å². The number of carbonyl (C=O) groups is 1. The van der Waals surface area contributed by atoms with Crippen LogP contribution < -0.4 is 5.32 Å². The molecule has 7 nitrogen and oxygen atoms in total. The maximum Gasteiger partial charge on any atom is 0.230 e. The van der Waals surface area contributed by atoms with Crippen LogP contribution >= 0.6 is 0 Å². The van der Waals surface area contributed by atoms with Gasteiger partial charge in [-0.2, -0.15) is 0 Å². The predicted molar refractivity (Wildman–Crippen MR) is 117 cm³/mol. The summed E-state index contributed by atoms with van der Waals surface area (Å²) in [5, 5.41) is 20.4. The second-order valence-corrected chi connectivity index (χ2v) is 7.66. The number of aryl methyl sites for hydroxylation is 1. The molecule has 1 unspecified atom stereocenters. The third kappa shape index (κ3) is 3.76. The zero-order valence-corrected chi connectivity index (χ0v) is 17.4. The Kier molecular flexibility index (Phi) is 5.46. The number of aliphatic imine (C=N–C) groups is 1. The molecule has 1 aliphatic rings.